The molecule has 2 saturated carbocycles. The van der Waals surface area contributed by atoms with Gasteiger partial charge in [0.25, 0.3) is 6.43 Å². The van der Waals surface area contributed by atoms with Crippen molar-refractivity contribution in [3.63, 3.8) is 0 Å². The van der Waals surface area contributed by atoms with Crippen LogP contribution < -0.4 is 10.6 Å². The molecule has 2 aromatic rings. The van der Waals surface area contributed by atoms with Crippen molar-refractivity contribution < 1.29 is 27.8 Å². The van der Waals surface area contributed by atoms with Gasteiger partial charge in [0.15, 0.2) is 0 Å². The highest BCUT2D eigenvalue weighted by molar-refractivity contribution is 6.76. The molecule has 12 heteroatoms. The lowest BCUT2D eigenvalue weighted by atomic mass is 9.66. The third-order valence-corrected chi connectivity index (χ3v) is 11.7. The minimum absolute atomic E-state index is 0.0171. The van der Waals surface area contributed by atoms with Gasteiger partial charge in [-0.05, 0) is 70.5 Å². The summed E-state index contributed by atoms with van der Waals surface area (Å²) in [6.45, 7) is 16.7. The van der Waals surface area contributed by atoms with Crippen molar-refractivity contribution in [1.82, 2.24) is 20.1 Å². The van der Waals surface area contributed by atoms with Crippen molar-refractivity contribution in [2.45, 2.75) is 149 Å². The van der Waals surface area contributed by atoms with Crippen molar-refractivity contribution in [3.05, 3.63) is 29.2 Å². The number of hydrogen-bond donors (Lipinski definition) is 2. The zero-order valence-electron chi connectivity index (χ0n) is 31.0. The Kier molecular flexibility index (Phi) is 13.4. The van der Waals surface area contributed by atoms with Gasteiger partial charge in [-0.1, -0.05) is 83.8 Å². The first-order valence-corrected chi connectivity index (χ1v) is 22.0. The monoisotopic (exact) mass is 703 g/mol. The Labute approximate surface area is 292 Å². The standard InChI is InChI=1S/C37H59F2N5O4Si/c1-24-30(25(2)44(43-24)23-47-21-22-49(6,7)8)28-19-20-29(40-32(28)34(38)39)41-35(45)33(42-36(46)48-37(3,4)5)31(26-15-11-9-12-16-26)27-17-13-10-14-18-27/h19-20,26-27,31,33-34H,9-18,21-23H2,1-8H3,(H,42,46)(H,40,41,45)/t33-/m0/s1. The third-order valence-electron chi connectivity index (χ3n) is 9.97. The predicted molar refractivity (Wildman–Crippen MR) is 192 cm³/mol. The zero-order valence-corrected chi connectivity index (χ0v) is 32.0. The number of ether oxygens (including phenoxy) is 2. The van der Waals surface area contributed by atoms with Gasteiger partial charge < -0.3 is 20.1 Å². The highest BCUT2D eigenvalue weighted by Gasteiger charge is 2.42. The minimum atomic E-state index is -2.89. The van der Waals surface area contributed by atoms with Gasteiger partial charge in [0.05, 0.1) is 5.69 Å². The number of anilines is 1. The fourth-order valence-corrected chi connectivity index (χ4v) is 8.36. The highest BCUT2D eigenvalue weighted by atomic mass is 28.3. The number of nitrogens with zero attached hydrogens (tertiary/aromatic N) is 3. The molecule has 2 amide bonds. The number of hydrogen-bond acceptors (Lipinski definition) is 6. The molecule has 2 fully saturated rings. The van der Waals surface area contributed by atoms with Crippen molar-refractivity contribution >= 4 is 25.9 Å². The van der Waals surface area contributed by atoms with E-state index >= 15 is 0 Å². The molecule has 2 aromatic heterocycles. The molecule has 9 nitrogen and oxygen atoms in total. The summed E-state index contributed by atoms with van der Waals surface area (Å²) in [5, 5.41) is 10.4. The normalized spacial score (nSPS) is 17.4. The number of alkyl halides is 2. The summed E-state index contributed by atoms with van der Waals surface area (Å²) in [4.78, 5) is 31.7. The molecule has 0 radical (unpaired) electrons. The summed E-state index contributed by atoms with van der Waals surface area (Å²) in [5.41, 5.74) is 0.961. The summed E-state index contributed by atoms with van der Waals surface area (Å²) in [7, 11) is -1.26. The number of carbonyl (C=O) groups excluding carboxylic acids is 2. The smallest absolute Gasteiger partial charge is 0.408 e. The molecule has 0 aromatic carbocycles. The second kappa shape index (κ2) is 16.9. The lowest BCUT2D eigenvalue weighted by Crippen LogP contribution is -2.54. The number of pyridine rings is 1. The van der Waals surface area contributed by atoms with Crippen molar-refractivity contribution in [3.8, 4) is 11.1 Å². The van der Waals surface area contributed by atoms with Crippen LogP contribution in [0, 0.1) is 31.6 Å². The maximum atomic E-state index is 14.7. The van der Waals surface area contributed by atoms with Crippen molar-refractivity contribution in [1.29, 1.82) is 0 Å². The lowest BCUT2D eigenvalue weighted by Gasteiger charge is -2.42. The molecule has 2 heterocycles. The zero-order chi connectivity index (χ0) is 35.9. The summed E-state index contributed by atoms with van der Waals surface area (Å²) >= 11 is 0. The van der Waals surface area contributed by atoms with Crippen LogP contribution in [0.2, 0.25) is 25.7 Å². The molecule has 4 rings (SSSR count). The van der Waals surface area contributed by atoms with Crippen LogP contribution in [-0.4, -0.2) is 53.1 Å². The van der Waals surface area contributed by atoms with Crippen molar-refractivity contribution in [2.24, 2.45) is 17.8 Å². The van der Waals surface area contributed by atoms with E-state index in [1.165, 1.54) is 12.8 Å². The first-order chi connectivity index (χ1) is 23.0. The largest absolute Gasteiger partial charge is 0.444 e. The van der Waals surface area contributed by atoms with E-state index in [0.717, 1.165) is 57.4 Å². The SMILES string of the molecule is Cc1nn(COCC[Si](C)(C)C)c(C)c1-c1ccc(NC(=O)[C@@H](NC(=O)OC(C)(C)C)C(C2CCCCC2)C2CCCCC2)nc1C(F)F. The number of aromatic nitrogens is 3. The molecule has 0 aliphatic heterocycles. The van der Waals surface area contributed by atoms with E-state index in [4.69, 9.17) is 9.47 Å². The summed E-state index contributed by atoms with van der Waals surface area (Å²) < 4.78 is 42.5. The van der Waals surface area contributed by atoms with Crippen LogP contribution in [-0.2, 0) is 21.0 Å². The third kappa shape index (κ3) is 11.1. The number of rotatable bonds is 13. The van der Waals surface area contributed by atoms with Crippen molar-refractivity contribution in [2.75, 3.05) is 11.9 Å². The fourth-order valence-electron chi connectivity index (χ4n) is 7.61. The van der Waals surface area contributed by atoms with E-state index in [1.807, 2.05) is 6.92 Å². The van der Waals surface area contributed by atoms with Gasteiger partial charge in [-0.15, -0.1) is 0 Å². The van der Waals surface area contributed by atoms with Gasteiger partial charge in [-0.3, -0.25) is 4.79 Å². The average Bonchev–Trinajstić information content (AvgIpc) is 3.30. The van der Waals surface area contributed by atoms with Gasteiger partial charge >= 0.3 is 6.09 Å². The topological polar surface area (TPSA) is 107 Å². The average molecular weight is 704 g/mol. The Bertz CT molecular complexity index is 1390. The molecule has 0 saturated heterocycles. The van der Waals surface area contributed by atoms with Gasteiger partial charge in [0.1, 0.15) is 29.9 Å². The second-order valence-electron chi connectivity index (χ2n) is 16.3. The van der Waals surface area contributed by atoms with Gasteiger partial charge in [-0.25, -0.2) is 23.2 Å². The Balaban J connectivity index is 1.62. The lowest BCUT2D eigenvalue weighted by molar-refractivity contribution is -0.121. The van der Waals surface area contributed by atoms with Crippen LogP contribution in [0.25, 0.3) is 11.1 Å². The number of alkyl carbamates (subject to hydrolysis) is 1. The quantitative estimate of drug-likeness (QED) is 0.159. The van der Waals surface area contributed by atoms with Crippen LogP contribution in [0.5, 0.6) is 0 Å². The van der Waals surface area contributed by atoms with Crippen LogP contribution >= 0.6 is 0 Å². The molecule has 2 aliphatic rings. The molecule has 1 atom stereocenters. The molecule has 0 spiro atoms. The van der Waals surface area contributed by atoms with E-state index in [-0.39, 0.29) is 35.9 Å². The number of amides is 2. The predicted octanol–water partition coefficient (Wildman–Crippen LogP) is 9.42. The number of nitrogens with one attached hydrogen (secondary N) is 2. The molecule has 0 bridgehead atoms. The summed E-state index contributed by atoms with van der Waals surface area (Å²) in [5.74, 6) is 0.0191. The maximum absolute atomic E-state index is 14.7. The molecule has 0 unspecified atom stereocenters. The Hall–Kier alpha value is -2.86. The van der Waals surface area contributed by atoms with E-state index in [2.05, 4.69) is 40.4 Å². The van der Waals surface area contributed by atoms with Crippen LogP contribution in [0.3, 0.4) is 0 Å². The van der Waals surface area contributed by atoms with Gasteiger partial charge in [-0.2, -0.15) is 5.10 Å². The molecule has 274 valence electrons. The second-order valence-corrected chi connectivity index (χ2v) is 21.9. The van der Waals surface area contributed by atoms with Crippen LogP contribution in [0.15, 0.2) is 12.1 Å². The maximum Gasteiger partial charge on any atom is 0.408 e. The van der Waals surface area contributed by atoms with Crippen LogP contribution in [0.4, 0.5) is 19.4 Å². The first kappa shape index (κ1) is 38.9. The molecular formula is C37H59F2N5O4Si. The number of carbonyl (C=O) groups is 2. The minimum Gasteiger partial charge on any atom is -0.444 e. The molecule has 49 heavy (non-hydrogen) atoms. The molecule has 2 N–H and O–H groups in total. The van der Waals surface area contributed by atoms with Crippen LogP contribution in [0.1, 0.15) is 108 Å². The van der Waals surface area contributed by atoms with Gasteiger partial charge in [0, 0.05) is 31.5 Å². The summed E-state index contributed by atoms with van der Waals surface area (Å²) in [6, 6.07) is 3.26. The van der Waals surface area contributed by atoms with E-state index in [9.17, 15) is 18.4 Å². The van der Waals surface area contributed by atoms with E-state index in [0.29, 0.717) is 23.6 Å². The van der Waals surface area contributed by atoms with E-state index < -0.39 is 43.8 Å². The Morgan fingerprint density at radius 3 is 2.10 bits per heavy atom. The number of aryl methyl sites for hydroxylation is 1. The Morgan fingerprint density at radius 2 is 1.57 bits per heavy atom. The highest BCUT2D eigenvalue weighted by Crippen LogP contribution is 2.42. The fraction of sp³-hybridized carbons (Fsp3) is 0.730. The summed E-state index contributed by atoms with van der Waals surface area (Å²) in [6.07, 6.45) is 7.15. The molecule has 2 aliphatic carbocycles. The van der Waals surface area contributed by atoms with E-state index in [1.54, 1.807) is 44.5 Å². The Morgan fingerprint density at radius 1 is 0.980 bits per heavy atom. The molecular weight excluding hydrogens is 645 g/mol. The number of halogens is 2. The van der Waals surface area contributed by atoms with Gasteiger partial charge in [0.2, 0.25) is 5.91 Å². The first-order valence-electron chi connectivity index (χ1n) is 18.3.